The lowest BCUT2D eigenvalue weighted by atomic mass is 10.00. The van der Waals surface area contributed by atoms with Crippen molar-refractivity contribution in [3.8, 4) is 11.5 Å². The summed E-state index contributed by atoms with van der Waals surface area (Å²) in [6.07, 6.45) is -4.97. The Balaban J connectivity index is 1.68. The van der Waals surface area contributed by atoms with Gasteiger partial charge in [-0.25, -0.2) is 4.79 Å². The van der Waals surface area contributed by atoms with E-state index in [1.54, 1.807) is 24.0 Å². The van der Waals surface area contributed by atoms with E-state index in [9.17, 15) is 22.8 Å². The smallest absolute Gasteiger partial charge is 0.473 e. The molecule has 4 rings (SSSR count). The number of halogens is 3. The largest absolute Gasteiger partial charge is 0.573 e. The molecule has 168 valence electrons. The quantitative estimate of drug-likeness (QED) is 0.439. The van der Waals surface area contributed by atoms with E-state index >= 15 is 0 Å². The summed E-state index contributed by atoms with van der Waals surface area (Å²) in [5.41, 5.74) is 1.74. The van der Waals surface area contributed by atoms with Gasteiger partial charge in [0.15, 0.2) is 6.73 Å². The lowest BCUT2D eigenvalue weighted by molar-refractivity contribution is -0.274. The van der Waals surface area contributed by atoms with E-state index in [0.717, 1.165) is 0 Å². The first-order valence-corrected chi connectivity index (χ1v) is 9.55. The lowest BCUT2D eigenvalue weighted by Crippen LogP contribution is -2.32. The summed E-state index contributed by atoms with van der Waals surface area (Å²) in [5, 5.41) is 0.654. The molecule has 0 unspecified atom stereocenters. The fraction of sp³-hybridized carbons (Fsp3) is 0.273. The van der Waals surface area contributed by atoms with Crippen LogP contribution in [-0.2, 0) is 22.5 Å². The molecule has 0 aliphatic carbocycles. The van der Waals surface area contributed by atoms with Crippen molar-refractivity contribution in [2.24, 2.45) is 0 Å². The van der Waals surface area contributed by atoms with Gasteiger partial charge in [0.2, 0.25) is 0 Å². The number of rotatable bonds is 4. The highest BCUT2D eigenvalue weighted by Crippen LogP contribution is 2.36. The average molecular weight is 449 g/mol. The SMILES string of the molecule is COC(=O)Cc1c(C)c2ccc3c(c2oc1=O)CN(c1ccc(OC(F)(F)F)cc1)CO3. The monoisotopic (exact) mass is 449 g/mol. The first kappa shape index (κ1) is 21.5. The van der Waals surface area contributed by atoms with Crippen molar-refractivity contribution < 1.29 is 36.6 Å². The topological polar surface area (TPSA) is 78.2 Å². The highest BCUT2D eigenvalue weighted by Gasteiger charge is 2.31. The number of hydrogen-bond acceptors (Lipinski definition) is 7. The standard InChI is InChI=1S/C22H18F3NO6/c1-12-15-7-8-18-17(20(15)31-21(28)16(12)9-19(27)29-2)10-26(11-30-18)13-3-5-14(6-4-13)32-22(23,24)25/h3-8H,9-11H2,1-2H3. The van der Waals surface area contributed by atoms with E-state index in [1.807, 2.05) is 0 Å². The predicted octanol–water partition coefficient (Wildman–Crippen LogP) is 4.07. The van der Waals surface area contributed by atoms with E-state index in [4.69, 9.17) is 9.15 Å². The van der Waals surface area contributed by atoms with Crippen LogP contribution in [-0.4, -0.2) is 26.2 Å². The van der Waals surface area contributed by atoms with Crippen LogP contribution in [0.15, 0.2) is 45.6 Å². The molecule has 1 aliphatic rings. The van der Waals surface area contributed by atoms with Crippen LogP contribution in [0.4, 0.5) is 18.9 Å². The Morgan fingerprint density at radius 1 is 1.16 bits per heavy atom. The molecular weight excluding hydrogens is 431 g/mol. The molecule has 1 aromatic heterocycles. The zero-order valence-corrected chi connectivity index (χ0v) is 17.1. The van der Waals surface area contributed by atoms with Crippen LogP contribution in [0.5, 0.6) is 11.5 Å². The molecule has 0 saturated heterocycles. The predicted molar refractivity (Wildman–Crippen MR) is 108 cm³/mol. The third-order valence-electron chi connectivity index (χ3n) is 5.22. The third kappa shape index (κ3) is 4.20. The lowest BCUT2D eigenvalue weighted by Gasteiger charge is -2.31. The van der Waals surface area contributed by atoms with Crippen LogP contribution in [0, 0.1) is 6.92 Å². The molecule has 0 N–H and O–H groups in total. The van der Waals surface area contributed by atoms with Crippen molar-refractivity contribution in [1.29, 1.82) is 0 Å². The molecule has 32 heavy (non-hydrogen) atoms. The van der Waals surface area contributed by atoms with Crippen LogP contribution in [0.1, 0.15) is 16.7 Å². The van der Waals surface area contributed by atoms with E-state index in [-0.39, 0.29) is 24.5 Å². The number of carbonyl (C=O) groups excluding carboxylic acids is 1. The molecule has 0 amide bonds. The second kappa shape index (κ2) is 8.10. The third-order valence-corrected chi connectivity index (χ3v) is 5.22. The van der Waals surface area contributed by atoms with Gasteiger partial charge in [-0.3, -0.25) is 4.79 Å². The molecule has 7 nitrogen and oxygen atoms in total. The summed E-state index contributed by atoms with van der Waals surface area (Å²) in [7, 11) is 1.24. The Morgan fingerprint density at radius 2 is 1.88 bits per heavy atom. The molecule has 0 bridgehead atoms. The van der Waals surface area contributed by atoms with Crippen molar-refractivity contribution in [3.05, 3.63) is 63.5 Å². The van der Waals surface area contributed by atoms with Gasteiger partial charge in [-0.15, -0.1) is 13.2 Å². The molecule has 10 heteroatoms. The normalized spacial score (nSPS) is 13.5. The van der Waals surface area contributed by atoms with Crippen molar-refractivity contribution in [3.63, 3.8) is 0 Å². The number of hydrogen-bond donors (Lipinski definition) is 0. The van der Waals surface area contributed by atoms with E-state index in [2.05, 4.69) is 9.47 Å². The van der Waals surface area contributed by atoms with Crippen LogP contribution in [0.3, 0.4) is 0 Å². The van der Waals surface area contributed by atoms with Crippen molar-refractivity contribution in [2.45, 2.75) is 26.3 Å². The van der Waals surface area contributed by atoms with Gasteiger partial charge in [-0.2, -0.15) is 0 Å². The minimum absolute atomic E-state index is 0.154. The number of benzene rings is 2. The highest BCUT2D eigenvalue weighted by molar-refractivity contribution is 5.87. The van der Waals surface area contributed by atoms with Gasteiger partial charge < -0.3 is 23.5 Å². The van der Waals surface area contributed by atoms with Crippen LogP contribution in [0.2, 0.25) is 0 Å². The van der Waals surface area contributed by atoms with Gasteiger partial charge in [-0.05, 0) is 48.9 Å². The van der Waals surface area contributed by atoms with Crippen LogP contribution < -0.4 is 20.0 Å². The van der Waals surface area contributed by atoms with Gasteiger partial charge in [0.05, 0.1) is 31.2 Å². The maximum Gasteiger partial charge on any atom is 0.573 e. The second-order valence-corrected chi connectivity index (χ2v) is 7.18. The van der Waals surface area contributed by atoms with Gasteiger partial charge in [-0.1, -0.05) is 0 Å². The van der Waals surface area contributed by atoms with Crippen LogP contribution in [0.25, 0.3) is 11.0 Å². The zero-order chi connectivity index (χ0) is 23.0. The highest BCUT2D eigenvalue weighted by atomic mass is 19.4. The maximum absolute atomic E-state index is 12.6. The van der Waals surface area contributed by atoms with Gasteiger partial charge in [0.1, 0.15) is 17.1 Å². The molecule has 0 radical (unpaired) electrons. The maximum atomic E-state index is 12.6. The second-order valence-electron chi connectivity index (χ2n) is 7.18. The van der Waals surface area contributed by atoms with Gasteiger partial charge >= 0.3 is 18.0 Å². The number of anilines is 1. The average Bonchev–Trinajstić information content (AvgIpc) is 2.75. The summed E-state index contributed by atoms with van der Waals surface area (Å²) in [6.45, 7) is 2.18. The number of carbonyl (C=O) groups is 1. The zero-order valence-electron chi connectivity index (χ0n) is 17.1. The fourth-order valence-electron chi connectivity index (χ4n) is 3.61. The first-order valence-electron chi connectivity index (χ1n) is 9.55. The molecule has 0 atom stereocenters. The summed E-state index contributed by atoms with van der Waals surface area (Å²) in [6, 6.07) is 8.90. The molecule has 2 heterocycles. The molecule has 2 aromatic carbocycles. The number of esters is 1. The molecular formula is C22H18F3NO6. The first-order chi connectivity index (χ1) is 15.2. The molecule has 0 spiro atoms. The number of aryl methyl sites for hydroxylation is 1. The number of nitrogens with zero attached hydrogens (tertiary/aromatic N) is 1. The van der Waals surface area contributed by atoms with E-state index in [0.29, 0.717) is 40.1 Å². The van der Waals surface area contributed by atoms with Crippen molar-refractivity contribution in [1.82, 2.24) is 0 Å². The number of ether oxygens (including phenoxy) is 3. The Bertz CT molecular complexity index is 1230. The van der Waals surface area contributed by atoms with E-state index < -0.39 is 18.0 Å². The Hall–Kier alpha value is -3.69. The molecule has 1 aliphatic heterocycles. The minimum atomic E-state index is -4.77. The minimum Gasteiger partial charge on any atom is -0.473 e. The molecule has 3 aromatic rings. The Kier molecular flexibility index (Phi) is 5.45. The Labute approximate surface area is 179 Å². The van der Waals surface area contributed by atoms with Crippen molar-refractivity contribution in [2.75, 3.05) is 18.7 Å². The van der Waals surface area contributed by atoms with Gasteiger partial charge in [0.25, 0.3) is 0 Å². The molecule has 0 saturated carbocycles. The van der Waals surface area contributed by atoms with Crippen molar-refractivity contribution >= 4 is 22.6 Å². The number of methoxy groups -OCH3 is 1. The summed E-state index contributed by atoms with van der Waals surface area (Å²) in [5.74, 6) is -0.344. The van der Waals surface area contributed by atoms with Gasteiger partial charge in [0, 0.05) is 11.1 Å². The van der Waals surface area contributed by atoms with Crippen LogP contribution >= 0.6 is 0 Å². The Morgan fingerprint density at radius 3 is 2.53 bits per heavy atom. The summed E-state index contributed by atoms with van der Waals surface area (Å²) in [4.78, 5) is 26.0. The fourth-order valence-corrected chi connectivity index (χ4v) is 3.61. The molecule has 0 fully saturated rings. The number of fused-ring (bicyclic) bond motifs is 3. The number of alkyl halides is 3. The summed E-state index contributed by atoms with van der Waals surface area (Å²) >= 11 is 0. The summed E-state index contributed by atoms with van der Waals surface area (Å²) < 4.78 is 57.0. The van der Waals surface area contributed by atoms with E-state index in [1.165, 1.54) is 31.4 Å².